The number of hydrogen-bond donors (Lipinski definition) is 2. The van der Waals surface area contributed by atoms with Crippen LogP contribution in [-0.4, -0.2) is 47.7 Å². The van der Waals surface area contributed by atoms with Crippen LogP contribution in [0.3, 0.4) is 0 Å². The first-order valence-corrected chi connectivity index (χ1v) is 11.1. The molecule has 2 N–H and O–H groups in total. The molecule has 2 aromatic heterocycles. The number of benzene rings is 1. The minimum atomic E-state index is -4.15. The van der Waals surface area contributed by atoms with E-state index in [-0.39, 0.29) is 17.2 Å². The van der Waals surface area contributed by atoms with Gasteiger partial charge in [-0.3, -0.25) is 19.6 Å². The van der Waals surface area contributed by atoms with Gasteiger partial charge in [-0.2, -0.15) is 9.82 Å². The van der Waals surface area contributed by atoms with Gasteiger partial charge in [0.1, 0.15) is 23.8 Å². The van der Waals surface area contributed by atoms with Crippen LogP contribution >= 0.6 is 11.3 Å². The minimum Gasteiger partial charge on any atom is -0.458 e. The van der Waals surface area contributed by atoms with E-state index in [1.165, 1.54) is 30.5 Å². The van der Waals surface area contributed by atoms with Gasteiger partial charge in [0.05, 0.1) is 21.7 Å². The molecule has 0 spiro atoms. The highest BCUT2D eigenvalue weighted by atomic mass is 32.2. The Balaban J connectivity index is 1.57. The molecule has 0 bridgehead atoms. The molecule has 0 saturated carbocycles. The molecule has 0 amide bonds. The van der Waals surface area contributed by atoms with Crippen molar-refractivity contribution in [3.05, 3.63) is 51.8 Å². The number of anilines is 1. The van der Waals surface area contributed by atoms with E-state index in [4.69, 9.17) is 4.74 Å². The van der Waals surface area contributed by atoms with Crippen LogP contribution in [0, 0.1) is 10.1 Å². The molecule has 2 heterocycles. The van der Waals surface area contributed by atoms with Gasteiger partial charge in [0.25, 0.3) is 5.69 Å². The minimum absolute atomic E-state index is 0.125. The summed E-state index contributed by atoms with van der Waals surface area (Å²) in [7, 11) is -0.890. The SMILES string of the molecule is CNc1ccc(S(=O)(=O)NCC(=O)OCc2csc(-c3cnn(C)c3)n2)cc1[N+](=O)[O-]. The van der Waals surface area contributed by atoms with Crippen LogP contribution in [0.2, 0.25) is 0 Å². The van der Waals surface area contributed by atoms with Crippen molar-refractivity contribution in [1.82, 2.24) is 19.5 Å². The van der Waals surface area contributed by atoms with Gasteiger partial charge < -0.3 is 10.1 Å². The summed E-state index contributed by atoms with van der Waals surface area (Å²) in [5.74, 6) is -0.819. The number of aryl methyl sites for hydroxylation is 1. The molecule has 3 rings (SSSR count). The molecule has 31 heavy (non-hydrogen) atoms. The quantitative estimate of drug-likeness (QED) is 0.271. The Hall–Kier alpha value is -3.36. The summed E-state index contributed by atoms with van der Waals surface area (Å²) in [4.78, 5) is 26.4. The van der Waals surface area contributed by atoms with E-state index in [1.807, 2.05) is 0 Å². The second kappa shape index (κ2) is 9.20. The lowest BCUT2D eigenvalue weighted by Crippen LogP contribution is -2.30. The number of ether oxygens (including phenoxy) is 1. The molecule has 0 aliphatic rings. The fourth-order valence-electron chi connectivity index (χ4n) is 2.52. The summed E-state index contributed by atoms with van der Waals surface area (Å²) in [5.41, 5.74) is 1.10. The second-order valence-electron chi connectivity index (χ2n) is 6.22. The van der Waals surface area contributed by atoms with Gasteiger partial charge in [0.2, 0.25) is 10.0 Å². The van der Waals surface area contributed by atoms with Gasteiger partial charge in [-0.1, -0.05) is 0 Å². The van der Waals surface area contributed by atoms with Crippen LogP contribution in [0.15, 0.2) is 40.9 Å². The predicted molar refractivity (Wildman–Crippen MR) is 112 cm³/mol. The lowest BCUT2D eigenvalue weighted by atomic mass is 10.3. The number of thiazole rings is 1. The maximum absolute atomic E-state index is 12.4. The number of aromatic nitrogens is 3. The smallest absolute Gasteiger partial charge is 0.321 e. The zero-order valence-corrected chi connectivity index (χ0v) is 18.1. The molecule has 0 aliphatic carbocycles. The molecule has 12 nitrogen and oxygen atoms in total. The van der Waals surface area contributed by atoms with Gasteiger partial charge in [-0.25, -0.2) is 13.4 Å². The van der Waals surface area contributed by atoms with Crippen molar-refractivity contribution in [3.8, 4) is 10.6 Å². The van der Waals surface area contributed by atoms with Crippen LogP contribution in [0.5, 0.6) is 0 Å². The summed E-state index contributed by atoms with van der Waals surface area (Å²) < 4.78 is 33.5. The molecule has 164 valence electrons. The van der Waals surface area contributed by atoms with Gasteiger partial charge in [-0.15, -0.1) is 11.3 Å². The molecule has 0 fully saturated rings. The first-order chi connectivity index (χ1) is 14.7. The molecule has 1 aromatic carbocycles. The largest absolute Gasteiger partial charge is 0.458 e. The zero-order chi connectivity index (χ0) is 22.6. The van der Waals surface area contributed by atoms with Gasteiger partial charge in [-0.05, 0) is 12.1 Å². The number of nitro groups is 1. The van der Waals surface area contributed by atoms with Crippen LogP contribution in [0.1, 0.15) is 5.69 Å². The monoisotopic (exact) mass is 466 g/mol. The Bertz CT molecular complexity index is 1220. The number of nitrogens with zero attached hydrogens (tertiary/aromatic N) is 4. The third-order valence-electron chi connectivity index (χ3n) is 4.04. The molecule has 0 aliphatic heterocycles. The van der Waals surface area contributed by atoms with Gasteiger partial charge >= 0.3 is 5.97 Å². The normalized spacial score (nSPS) is 11.3. The molecule has 3 aromatic rings. The van der Waals surface area contributed by atoms with Crippen LogP contribution in [-0.2, 0) is 33.2 Å². The van der Waals surface area contributed by atoms with Crippen molar-refractivity contribution in [2.24, 2.45) is 7.05 Å². The van der Waals surface area contributed by atoms with Crippen molar-refractivity contribution >= 4 is 38.7 Å². The van der Waals surface area contributed by atoms with Crippen molar-refractivity contribution in [1.29, 1.82) is 0 Å². The summed E-state index contributed by atoms with van der Waals surface area (Å²) >= 11 is 1.36. The molecule has 0 unspecified atom stereocenters. The number of nitrogens with one attached hydrogen (secondary N) is 2. The average molecular weight is 467 g/mol. The maximum Gasteiger partial charge on any atom is 0.321 e. The topological polar surface area (TPSA) is 158 Å². The highest BCUT2D eigenvalue weighted by molar-refractivity contribution is 7.89. The summed E-state index contributed by atoms with van der Waals surface area (Å²) in [6, 6.07) is 3.38. The van der Waals surface area contributed by atoms with Crippen molar-refractivity contribution in [2.75, 3.05) is 18.9 Å². The standard InChI is InChI=1S/C17H18N6O6S2/c1-18-14-4-3-13(5-15(14)23(25)26)31(27,28)20-7-16(24)29-9-12-10-30-17(21-12)11-6-19-22(2)8-11/h3-6,8,10,18,20H,7,9H2,1-2H3. The lowest BCUT2D eigenvalue weighted by Gasteiger charge is -2.08. The van der Waals surface area contributed by atoms with E-state index in [0.29, 0.717) is 10.7 Å². The fourth-order valence-corrected chi connectivity index (χ4v) is 4.29. The number of rotatable bonds is 9. The summed E-state index contributed by atoms with van der Waals surface area (Å²) in [6.45, 7) is -0.761. The predicted octanol–water partition coefficient (Wildman–Crippen LogP) is 1.52. The number of hydrogen-bond acceptors (Lipinski definition) is 10. The number of nitro benzene ring substituents is 1. The highest BCUT2D eigenvalue weighted by Crippen LogP contribution is 2.27. The number of carbonyl (C=O) groups excluding carboxylic acids is 1. The average Bonchev–Trinajstić information content (AvgIpc) is 3.39. The van der Waals surface area contributed by atoms with Crippen LogP contribution in [0.4, 0.5) is 11.4 Å². The first kappa shape index (κ1) is 22.3. The molecule has 0 radical (unpaired) electrons. The number of sulfonamides is 1. The van der Waals surface area contributed by atoms with E-state index >= 15 is 0 Å². The first-order valence-electron chi connectivity index (χ1n) is 8.74. The molecular weight excluding hydrogens is 448 g/mol. The molecular formula is C17H18N6O6S2. The highest BCUT2D eigenvalue weighted by Gasteiger charge is 2.22. The Morgan fingerprint density at radius 1 is 1.39 bits per heavy atom. The fraction of sp³-hybridized carbons (Fsp3) is 0.235. The van der Waals surface area contributed by atoms with Crippen molar-refractivity contribution in [3.63, 3.8) is 0 Å². The van der Waals surface area contributed by atoms with E-state index in [2.05, 4.69) is 20.1 Å². The van der Waals surface area contributed by atoms with Gasteiger partial charge in [0, 0.05) is 37.3 Å². The van der Waals surface area contributed by atoms with Crippen molar-refractivity contribution < 1.29 is 22.9 Å². The van der Waals surface area contributed by atoms with E-state index in [1.54, 1.807) is 29.5 Å². The van der Waals surface area contributed by atoms with Crippen molar-refractivity contribution in [2.45, 2.75) is 11.5 Å². The summed E-state index contributed by atoms with van der Waals surface area (Å²) in [5, 5.41) is 20.2. The Morgan fingerprint density at radius 3 is 2.81 bits per heavy atom. The van der Waals surface area contributed by atoms with E-state index in [0.717, 1.165) is 11.6 Å². The summed E-state index contributed by atoms with van der Waals surface area (Å²) in [6.07, 6.45) is 3.47. The third kappa shape index (κ3) is 5.42. The zero-order valence-electron chi connectivity index (χ0n) is 16.4. The second-order valence-corrected chi connectivity index (χ2v) is 8.84. The van der Waals surface area contributed by atoms with Crippen LogP contribution in [0.25, 0.3) is 10.6 Å². The van der Waals surface area contributed by atoms with Crippen LogP contribution < -0.4 is 10.0 Å². The Labute approximate surface area is 181 Å². The Kier molecular flexibility index (Phi) is 6.62. The number of esters is 1. The van der Waals surface area contributed by atoms with E-state index < -0.39 is 33.1 Å². The van der Waals surface area contributed by atoms with Gasteiger partial charge in [0.15, 0.2) is 0 Å². The lowest BCUT2D eigenvalue weighted by molar-refractivity contribution is -0.384. The molecule has 0 atom stereocenters. The van der Waals surface area contributed by atoms with E-state index in [9.17, 15) is 23.3 Å². The molecule has 0 saturated heterocycles. The molecule has 14 heteroatoms. The Morgan fingerprint density at radius 2 is 2.16 bits per heavy atom. The number of carbonyl (C=O) groups is 1. The third-order valence-corrected chi connectivity index (χ3v) is 6.38. The maximum atomic E-state index is 12.4.